The maximum atomic E-state index is 12.4. The van der Waals surface area contributed by atoms with E-state index in [4.69, 9.17) is 0 Å². The van der Waals surface area contributed by atoms with Gasteiger partial charge in [-0.2, -0.15) is 13.2 Å². The van der Waals surface area contributed by atoms with Gasteiger partial charge in [0, 0.05) is 5.33 Å². The SMILES string of the molecule is FC(F)(F)C1(CBr)C=CC=CN1. The van der Waals surface area contributed by atoms with Gasteiger partial charge in [-0.1, -0.05) is 22.0 Å². The predicted molar refractivity (Wildman–Crippen MR) is 44.0 cm³/mol. The van der Waals surface area contributed by atoms with Gasteiger partial charge in [0.1, 0.15) is 0 Å². The molecule has 1 aliphatic rings. The molecule has 0 aromatic rings. The van der Waals surface area contributed by atoms with Crippen molar-refractivity contribution in [2.45, 2.75) is 11.7 Å². The van der Waals surface area contributed by atoms with Gasteiger partial charge in [-0.05, 0) is 18.4 Å². The molecule has 0 amide bonds. The average molecular weight is 242 g/mol. The topological polar surface area (TPSA) is 12.0 Å². The summed E-state index contributed by atoms with van der Waals surface area (Å²) in [6, 6.07) is 0. The average Bonchev–Trinajstić information content (AvgIpc) is 2.04. The molecule has 12 heavy (non-hydrogen) atoms. The first-order valence-corrected chi connectivity index (χ1v) is 4.39. The van der Waals surface area contributed by atoms with E-state index in [1.54, 1.807) is 0 Å². The number of rotatable bonds is 1. The van der Waals surface area contributed by atoms with Gasteiger partial charge in [0.15, 0.2) is 5.54 Å². The second-order valence-electron chi connectivity index (χ2n) is 2.47. The fourth-order valence-electron chi connectivity index (χ4n) is 0.856. The van der Waals surface area contributed by atoms with Gasteiger partial charge in [0.2, 0.25) is 0 Å². The van der Waals surface area contributed by atoms with Crippen LogP contribution in [-0.2, 0) is 0 Å². The lowest BCUT2D eigenvalue weighted by atomic mass is 9.99. The summed E-state index contributed by atoms with van der Waals surface area (Å²) in [5.41, 5.74) is -1.94. The molecular weight excluding hydrogens is 235 g/mol. The van der Waals surface area contributed by atoms with Crippen LogP contribution in [0.25, 0.3) is 0 Å². The third kappa shape index (κ3) is 1.50. The number of hydrogen-bond acceptors (Lipinski definition) is 1. The van der Waals surface area contributed by atoms with Crippen LogP contribution >= 0.6 is 15.9 Å². The Balaban J connectivity index is 2.91. The van der Waals surface area contributed by atoms with E-state index in [0.29, 0.717) is 0 Å². The molecule has 0 radical (unpaired) electrons. The van der Waals surface area contributed by atoms with E-state index in [9.17, 15) is 13.2 Å². The minimum atomic E-state index is -4.28. The van der Waals surface area contributed by atoms with E-state index in [0.717, 1.165) is 6.08 Å². The Morgan fingerprint density at radius 2 is 2.00 bits per heavy atom. The Morgan fingerprint density at radius 3 is 2.25 bits per heavy atom. The molecule has 0 saturated heterocycles. The van der Waals surface area contributed by atoms with Crippen molar-refractivity contribution in [2.24, 2.45) is 0 Å². The van der Waals surface area contributed by atoms with E-state index in [2.05, 4.69) is 21.2 Å². The smallest absolute Gasteiger partial charge is 0.374 e. The molecule has 5 heteroatoms. The summed E-state index contributed by atoms with van der Waals surface area (Å²) >= 11 is 2.84. The standard InChI is InChI=1S/C7H7BrF3N/c8-5-6(7(9,10)11)3-1-2-4-12-6/h1-4,12H,5H2. The lowest BCUT2D eigenvalue weighted by molar-refractivity contribution is -0.171. The summed E-state index contributed by atoms with van der Waals surface area (Å²) in [6.45, 7) is 0. The molecule has 0 bridgehead atoms. The van der Waals surface area contributed by atoms with Crippen molar-refractivity contribution >= 4 is 15.9 Å². The van der Waals surface area contributed by atoms with Crippen LogP contribution in [-0.4, -0.2) is 17.0 Å². The van der Waals surface area contributed by atoms with Crippen molar-refractivity contribution in [3.8, 4) is 0 Å². The first-order chi connectivity index (χ1) is 5.52. The molecule has 1 rings (SSSR count). The molecule has 0 saturated carbocycles. The Bertz CT molecular complexity index is 221. The Hall–Kier alpha value is -0.450. The highest BCUT2D eigenvalue weighted by Crippen LogP contribution is 2.34. The van der Waals surface area contributed by atoms with Gasteiger partial charge < -0.3 is 5.32 Å². The minimum absolute atomic E-state index is 0.190. The third-order valence-electron chi connectivity index (χ3n) is 1.65. The second kappa shape index (κ2) is 3.12. The first kappa shape index (κ1) is 9.64. The Labute approximate surface area is 76.5 Å². The van der Waals surface area contributed by atoms with Crippen LogP contribution in [0.1, 0.15) is 0 Å². The van der Waals surface area contributed by atoms with Crippen LogP contribution in [0.4, 0.5) is 13.2 Å². The lowest BCUT2D eigenvalue weighted by Crippen LogP contribution is -2.55. The zero-order valence-electron chi connectivity index (χ0n) is 6.03. The lowest BCUT2D eigenvalue weighted by Gasteiger charge is -2.32. The zero-order chi connectivity index (χ0) is 9.24. The molecule has 0 aromatic heterocycles. The zero-order valence-corrected chi connectivity index (χ0v) is 7.61. The van der Waals surface area contributed by atoms with Crippen LogP contribution in [0.15, 0.2) is 24.4 Å². The van der Waals surface area contributed by atoms with E-state index in [-0.39, 0.29) is 5.33 Å². The van der Waals surface area contributed by atoms with Gasteiger partial charge in [0.25, 0.3) is 0 Å². The maximum absolute atomic E-state index is 12.4. The van der Waals surface area contributed by atoms with Crippen LogP contribution < -0.4 is 5.32 Å². The fourth-order valence-corrected chi connectivity index (χ4v) is 1.52. The van der Waals surface area contributed by atoms with Crippen molar-refractivity contribution in [3.63, 3.8) is 0 Å². The third-order valence-corrected chi connectivity index (χ3v) is 2.53. The summed E-state index contributed by atoms with van der Waals surface area (Å²) in [4.78, 5) is 0. The number of alkyl halides is 4. The van der Waals surface area contributed by atoms with Gasteiger partial charge in [-0.3, -0.25) is 0 Å². The summed E-state index contributed by atoms with van der Waals surface area (Å²) in [5, 5.41) is 2.09. The Kier molecular flexibility index (Phi) is 2.51. The fraction of sp³-hybridized carbons (Fsp3) is 0.429. The molecule has 0 spiro atoms. The molecule has 1 atom stereocenters. The normalized spacial score (nSPS) is 28.7. The maximum Gasteiger partial charge on any atom is 0.415 e. The molecular formula is C7H7BrF3N. The number of dihydropyridines is 1. The van der Waals surface area contributed by atoms with Crippen LogP contribution in [0.2, 0.25) is 0 Å². The molecule has 1 unspecified atom stereocenters. The molecule has 0 aliphatic carbocycles. The van der Waals surface area contributed by atoms with Gasteiger partial charge >= 0.3 is 6.18 Å². The number of hydrogen-bond donors (Lipinski definition) is 1. The second-order valence-corrected chi connectivity index (χ2v) is 3.03. The van der Waals surface area contributed by atoms with Gasteiger partial charge in [-0.25, -0.2) is 0 Å². The number of nitrogens with one attached hydrogen (secondary N) is 1. The van der Waals surface area contributed by atoms with Crippen molar-refractivity contribution in [3.05, 3.63) is 24.4 Å². The summed E-state index contributed by atoms with van der Waals surface area (Å²) in [7, 11) is 0. The van der Waals surface area contributed by atoms with Crippen LogP contribution in [0, 0.1) is 0 Å². The molecule has 0 fully saturated rings. The van der Waals surface area contributed by atoms with Crippen molar-refractivity contribution in [1.29, 1.82) is 0 Å². The van der Waals surface area contributed by atoms with Crippen molar-refractivity contribution < 1.29 is 13.2 Å². The minimum Gasteiger partial charge on any atom is -0.374 e. The first-order valence-electron chi connectivity index (χ1n) is 3.27. The largest absolute Gasteiger partial charge is 0.415 e. The van der Waals surface area contributed by atoms with E-state index >= 15 is 0 Å². The van der Waals surface area contributed by atoms with E-state index < -0.39 is 11.7 Å². The molecule has 0 aromatic carbocycles. The monoisotopic (exact) mass is 241 g/mol. The highest BCUT2D eigenvalue weighted by atomic mass is 79.9. The highest BCUT2D eigenvalue weighted by molar-refractivity contribution is 9.09. The summed E-state index contributed by atoms with van der Waals surface area (Å²) in [6.07, 6.45) is 1.01. The van der Waals surface area contributed by atoms with E-state index in [1.807, 2.05) is 0 Å². The highest BCUT2D eigenvalue weighted by Gasteiger charge is 2.52. The van der Waals surface area contributed by atoms with Gasteiger partial charge in [0.05, 0.1) is 0 Å². The van der Waals surface area contributed by atoms with Crippen molar-refractivity contribution in [2.75, 3.05) is 5.33 Å². The number of halogens is 4. The quantitative estimate of drug-likeness (QED) is 0.696. The summed E-state index contributed by atoms with van der Waals surface area (Å²) in [5.74, 6) is 0. The van der Waals surface area contributed by atoms with Crippen LogP contribution in [0.5, 0.6) is 0 Å². The Morgan fingerprint density at radius 1 is 1.33 bits per heavy atom. The summed E-state index contributed by atoms with van der Waals surface area (Å²) < 4.78 is 37.3. The van der Waals surface area contributed by atoms with E-state index in [1.165, 1.54) is 18.4 Å². The number of allylic oxidation sites excluding steroid dienone is 2. The molecule has 1 N–H and O–H groups in total. The molecule has 1 nitrogen and oxygen atoms in total. The predicted octanol–water partition coefficient (Wildman–Crippen LogP) is 2.36. The van der Waals surface area contributed by atoms with Crippen LogP contribution in [0.3, 0.4) is 0 Å². The molecule has 1 aliphatic heterocycles. The molecule has 1 heterocycles. The molecule has 68 valence electrons. The van der Waals surface area contributed by atoms with Gasteiger partial charge in [-0.15, -0.1) is 0 Å². The van der Waals surface area contributed by atoms with Crippen molar-refractivity contribution in [1.82, 2.24) is 5.32 Å².